The summed E-state index contributed by atoms with van der Waals surface area (Å²) in [4.78, 5) is 10.9. The van der Waals surface area contributed by atoms with Crippen molar-refractivity contribution in [2.75, 3.05) is 13.2 Å². The fourth-order valence-electron chi connectivity index (χ4n) is 0.827. The van der Waals surface area contributed by atoms with Crippen molar-refractivity contribution in [1.29, 1.82) is 0 Å². The van der Waals surface area contributed by atoms with Gasteiger partial charge < -0.3 is 9.47 Å². The summed E-state index contributed by atoms with van der Waals surface area (Å²) in [6.45, 7) is 3.06. The molecule has 0 unspecified atom stereocenters. The largest absolute Gasteiger partial charge is 0.461 e. The van der Waals surface area contributed by atoms with E-state index in [9.17, 15) is 4.79 Å². The van der Waals surface area contributed by atoms with Crippen molar-refractivity contribution in [3.05, 3.63) is 0 Å². The molecule has 2 atom stereocenters. The monoisotopic (exact) mass is 270 g/mol. The predicted octanol–water partition coefficient (Wildman–Crippen LogP) is 1.14. The Labute approximate surface area is 79.6 Å². The molecule has 0 bridgehead atoms. The van der Waals surface area contributed by atoms with Crippen LogP contribution in [0, 0.1) is 0 Å². The van der Waals surface area contributed by atoms with Gasteiger partial charge in [0.15, 0.2) is 0 Å². The summed E-state index contributed by atoms with van der Waals surface area (Å²) in [5, 5.41) is 0. The minimum absolute atomic E-state index is 0.0246. The fourth-order valence-corrected chi connectivity index (χ4v) is 1.23. The quantitative estimate of drug-likeness (QED) is 0.376. The van der Waals surface area contributed by atoms with Gasteiger partial charge in [0.25, 0.3) is 0 Å². The number of hydrogen-bond acceptors (Lipinski definition) is 3. The molecule has 0 radical (unpaired) electrons. The van der Waals surface area contributed by atoms with Crippen LogP contribution in [0.15, 0.2) is 0 Å². The van der Waals surface area contributed by atoms with E-state index in [0.29, 0.717) is 19.6 Å². The molecular formula is C7H11IO3. The lowest BCUT2D eigenvalue weighted by Gasteiger charge is -2.21. The van der Waals surface area contributed by atoms with Gasteiger partial charge in [0.05, 0.1) is 23.6 Å². The lowest BCUT2D eigenvalue weighted by Crippen LogP contribution is -2.31. The first-order chi connectivity index (χ1) is 5.20. The van der Waals surface area contributed by atoms with Gasteiger partial charge in [-0.1, -0.05) is 22.6 Å². The molecule has 64 valence electrons. The summed E-state index contributed by atoms with van der Waals surface area (Å²) >= 11 is 2.23. The average Bonchev–Trinajstić information content (AvgIpc) is 1.95. The van der Waals surface area contributed by atoms with Gasteiger partial charge in [-0.05, 0) is 6.92 Å². The number of alkyl halides is 1. The molecule has 1 rings (SSSR count). The molecule has 1 aliphatic rings. The molecular weight excluding hydrogens is 259 g/mol. The minimum atomic E-state index is -0.154. The Morgan fingerprint density at radius 3 is 3.09 bits per heavy atom. The number of cyclic esters (lactones) is 1. The zero-order valence-corrected chi connectivity index (χ0v) is 8.54. The SMILES string of the molecule is C[C@H]1OC(=O)CCOC[C@@H]1I. The van der Waals surface area contributed by atoms with E-state index in [1.165, 1.54) is 0 Å². The number of esters is 1. The Hall–Kier alpha value is 0.160. The van der Waals surface area contributed by atoms with Crippen LogP contribution in [-0.4, -0.2) is 29.2 Å². The van der Waals surface area contributed by atoms with Crippen LogP contribution in [0.5, 0.6) is 0 Å². The number of halogens is 1. The maximum Gasteiger partial charge on any atom is 0.308 e. The highest BCUT2D eigenvalue weighted by Gasteiger charge is 2.20. The zero-order chi connectivity index (χ0) is 8.27. The molecule has 0 aromatic rings. The van der Waals surface area contributed by atoms with E-state index in [-0.39, 0.29) is 16.0 Å². The molecule has 1 aliphatic heterocycles. The van der Waals surface area contributed by atoms with Gasteiger partial charge in [0.1, 0.15) is 6.10 Å². The number of rotatable bonds is 0. The third-order valence-corrected chi connectivity index (χ3v) is 2.93. The van der Waals surface area contributed by atoms with E-state index >= 15 is 0 Å². The van der Waals surface area contributed by atoms with Crippen LogP contribution in [0.3, 0.4) is 0 Å². The normalized spacial score (nSPS) is 33.8. The lowest BCUT2D eigenvalue weighted by atomic mass is 10.3. The molecule has 4 heteroatoms. The fraction of sp³-hybridized carbons (Fsp3) is 0.857. The topological polar surface area (TPSA) is 35.5 Å². The van der Waals surface area contributed by atoms with Crippen LogP contribution < -0.4 is 0 Å². The van der Waals surface area contributed by atoms with Gasteiger partial charge in [-0.25, -0.2) is 0 Å². The third-order valence-electron chi connectivity index (χ3n) is 1.55. The molecule has 1 fully saturated rings. The van der Waals surface area contributed by atoms with E-state index in [1.807, 2.05) is 6.92 Å². The summed E-state index contributed by atoms with van der Waals surface area (Å²) in [5.41, 5.74) is 0. The summed E-state index contributed by atoms with van der Waals surface area (Å²) in [7, 11) is 0. The predicted molar refractivity (Wildman–Crippen MR) is 48.8 cm³/mol. The Morgan fingerprint density at radius 1 is 1.64 bits per heavy atom. The number of ether oxygens (including phenoxy) is 2. The standard InChI is InChI=1S/C7H11IO3/c1-5-6(8)4-10-3-2-7(9)11-5/h5-6H,2-4H2,1H3/t5-,6+/m1/s1. The third kappa shape index (κ3) is 2.94. The second-order valence-corrected chi connectivity index (χ2v) is 4.14. The molecule has 1 heterocycles. The van der Waals surface area contributed by atoms with Crippen molar-refractivity contribution >= 4 is 28.6 Å². The maximum atomic E-state index is 10.9. The Bertz CT molecular complexity index is 149. The van der Waals surface area contributed by atoms with Gasteiger partial charge in [0, 0.05) is 0 Å². The molecule has 0 N–H and O–H groups in total. The Kier molecular flexibility index (Phi) is 3.58. The highest BCUT2D eigenvalue weighted by Crippen LogP contribution is 2.13. The van der Waals surface area contributed by atoms with Crippen molar-refractivity contribution in [2.45, 2.75) is 23.4 Å². The minimum Gasteiger partial charge on any atom is -0.461 e. The van der Waals surface area contributed by atoms with Crippen molar-refractivity contribution in [3.8, 4) is 0 Å². The zero-order valence-electron chi connectivity index (χ0n) is 6.38. The first kappa shape index (κ1) is 9.25. The van der Waals surface area contributed by atoms with Crippen molar-refractivity contribution < 1.29 is 14.3 Å². The highest BCUT2D eigenvalue weighted by molar-refractivity contribution is 14.1. The molecule has 0 spiro atoms. The van der Waals surface area contributed by atoms with Crippen molar-refractivity contribution in [2.24, 2.45) is 0 Å². The van der Waals surface area contributed by atoms with E-state index in [1.54, 1.807) is 0 Å². The Morgan fingerprint density at radius 2 is 2.36 bits per heavy atom. The Balaban J connectivity index is 2.44. The van der Waals surface area contributed by atoms with Gasteiger partial charge in [0.2, 0.25) is 0 Å². The summed E-state index contributed by atoms with van der Waals surface area (Å²) in [5.74, 6) is -0.154. The molecule has 3 nitrogen and oxygen atoms in total. The first-order valence-electron chi connectivity index (χ1n) is 3.61. The summed E-state index contributed by atoms with van der Waals surface area (Å²) in [6.07, 6.45) is 0.358. The average molecular weight is 270 g/mol. The van der Waals surface area contributed by atoms with Crippen molar-refractivity contribution in [3.63, 3.8) is 0 Å². The first-order valence-corrected chi connectivity index (χ1v) is 4.86. The van der Waals surface area contributed by atoms with Crippen molar-refractivity contribution in [1.82, 2.24) is 0 Å². The molecule has 0 amide bonds. The van der Waals surface area contributed by atoms with Crippen LogP contribution in [0.1, 0.15) is 13.3 Å². The molecule has 0 aromatic carbocycles. The van der Waals surface area contributed by atoms with Crippen LogP contribution in [0.4, 0.5) is 0 Å². The van der Waals surface area contributed by atoms with E-state index in [2.05, 4.69) is 22.6 Å². The molecule has 11 heavy (non-hydrogen) atoms. The van der Waals surface area contributed by atoms with E-state index < -0.39 is 0 Å². The molecule has 0 aliphatic carbocycles. The van der Waals surface area contributed by atoms with Crippen LogP contribution >= 0.6 is 22.6 Å². The van der Waals surface area contributed by atoms with Gasteiger partial charge in [-0.15, -0.1) is 0 Å². The molecule has 1 saturated heterocycles. The van der Waals surface area contributed by atoms with Gasteiger partial charge in [-0.2, -0.15) is 0 Å². The summed E-state index contributed by atoms with van der Waals surface area (Å²) < 4.78 is 10.6. The highest BCUT2D eigenvalue weighted by atomic mass is 127. The number of carbonyl (C=O) groups is 1. The smallest absolute Gasteiger partial charge is 0.308 e. The second kappa shape index (κ2) is 4.25. The lowest BCUT2D eigenvalue weighted by molar-refractivity contribution is -0.151. The number of carbonyl (C=O) groups excluding carboxylic acids is 1. The second-order valence-electron chi connectivity index (χ2n) is 2.54. The van der Waals surface area contributed by atoms with E-state index in [0.717, 1.165) is 0 Å². The van der Waals surface area contributed by atoms with E-state index in [4.69, 9.17) is 9.47 Å². The summed E-state index contributed by atoms with van der Waals surface area (Å²) in [6, 6.07) is 0. The van der Waals surface area contributed by atoms with Gasteiger partial charge in [-0.3, -0.25) is 4.79 Å². The van der Waals surface area contributed by atoms with Crippen LogP contribution in [0.25, 0.3) is 0 Å². The number of hydrogen-bond donors (Lipinski definition) is 0. The van der Waals surface area contributed by atoms with Crippen LogP contribution in [-0.2, 0) is 14.3 Å². The maximum absolute atomic E-state index is 10.9. The van der Waals surface area contributed by atoms with Gasteiger partial charge >= 0.3 is 5.97 Å². The molecule has 0 saturated carbocycles. The van der Waals surface area contributed by atoms with Crippen LogP contribution in [0.2, 0.25) is 0 Å². The molecule has 0 aromatic heterocycles.